The van der Waals surface area contributed by atoms with Crippen molar-refractivity contribution in [2.75, 3.05) is 31.5 Å². The number of anilines is 2. The zero-order valence-electron chi connectivity index (χ0n) is 54.8. The summed E-state index contributed by atoms with van der Waals surface area (Å²) >= 11 is 0. The lowest BCUT2D eigenvalue weighted by molar-refractivity contribution is -0.205. The molecule has 0 saturated carbocycles. The van der Waals surface area contributed by atoms with Crippen LogP contribution >= 0.6 is 0 Å². The van der Waals surface area contributed by atoms with Gasteiger partial charge in [0, 0.05) is 11.1 Å². The van der Waals surface area contributed by atoms with E-state index in [4.69, 9.17) is 58.1 Å². The summed E-state index contributed by atoms with van der Waals surface area (Å²) in [5.41, 5.74) is 6.84. The van der Waals surface area contributed by atoms with Crippen LogP contribution in [0.1, 0.15) is 142 Å². The van der Waals surface area contributed by atoms with E-state index in [1.165, 1.54) is 6.33 Å². The molecule has 6 aromatic carbocycles. The Morgan fingerprint density at radius 1 is 0.543 bits per heavy atom. The number of aliphatic hydroxyl groups is 2. The topological polar surface area (TPSA) is 199 Å². The molecule has 4 N–H and O–H groups in total. The Labute approximate surface area is 548 Å². The van der Waals surface area contributed by atoms with Crippen molar-refractivity contribution >= 4 is 28.7 Å². The lowest BCUT2D eigenvalue weighted by Gasteiger charge is -2.37. The highest BCUT2D eigenvalue weighted by molar-refractivity contribution is 5.82. The fourth-order valence-corrected chi connectivity index (χ4v) is 15.0. The van der Waals surface area contributed by atoms with Gasteiger partial charge < -0.3 is 58.7 Å². The molecule has 0 aliphatic carbocycles. The first-order chi connectivity index (χ1) is 45.4. The van der Waals surface area contributed by atoms with Crippen LogP contribution in [0.15, 0.2) is 201 Å². The summed E-state index contributed by atoms with van der Waals surface area (Å²) in [7, 11) is 3.32. The van der Waals surface area contributed by atoms with Crippen molar-refractivity contribution in [3.05, 3.63) is 257 Å². The Morgan fingerprint density at radius 3 is 1.27 bits per heavy atom. The standard InChI is InChI=1S/C38H42N4O6.C38H40N4O4/c1-6-31-34-37(4,48-36(2,3)47-34)33(46-31)29-21-28(30(44)22-43)32-35(39-23-40-42(29)32)41-38(24-13-9-7-10-14-24,25-15-11-8-12-16-25)26-17-19-27(45-5)20-18-26;1-7-25-23-30(33-37(5)34(31(8-2)44-33)45-36(3,4)46-37)42-32(25)35(39-24-40-42)41-38(26-15-11-9-12-16-26,27-17-13-10-14-18-27)28-19-21-29(43-6)22-20-28/h7-21,23,30-31,33-34,43-44H,6,22H2,1-5H3,(H,39,40,41);7,9-24,31,33-34H,1,8H2,2-6H3,(H,39,40,41)/t30?,31-,33+,34-,37+;31-,33+,34-,37+/m11/s1. The Kier molecular flexibility index (Phi) is 17.1. The maximum absolute atomic E-state index is 11.3. The molecule has 0 bridgehead atoms. The molecule has 486 valence electrons. The number of methoxy groups -OCH3 is 2. The molecule has 1 unspecified atom stereocenters. The highest BCUT2D eigenvalue weighted by Gasteiger charge is 2.65. The lowest BCUT2D eigenvalue weighted by Crippen LogP contribution is -2.40. The second-order valence-electron chi connectivity index (χ2n) is 25.7. The van der Waals surface area contributed by atoms with Gasteiger partial charge in [0.2, 0.25) is 0 Å². The summed E-state index contributed by atoms with van der Waals surface area (Å²) in [6, 6.07) is 61.2. The molecule has 10 aromatic rings. The second-order valence-corrected chi connectivity index (χ2v) is 25.7. The molecule has 18 nitrogen and oxygen atoms in total. The van der Waals surface area contributed by atoms with E-state index in [0.717, 1.165) is 74.5 Å². The molecule has 4 fully saturated rings. The molecule has 18 heteroatoms. The van der Waals surface area contributed by atoms with E-state index in [1.54, 1.807) is 25.1 Å². The number of ether oxygens (including phenoxy) is 8. The van der Waals surface area contributed by atoms with Gasteiger partial charge in [0.15, 0.2) is 23.2 Å². The molecule has 0 amide bonds. The highest BCUT2D eigenvalue weighted by Crippen LogP contribution is 2.56. The van der Waals surface area contributed by atoms with Crippen LogP contribution in [0.3, 0.4) is 0 Å². The van der Waals surface area contributed by atoms with Crippen molar-refractivity contribution in [2.24, 2.45) is 0 Å². The van der Waals surface area contributed by atoms with Gasteiger partial charge >= 0.3 is 0 Å². The number of aliphatic hydroxyl groups excluding tert-OH is 2. The number of rotatable bonds is 19. The molecular weight excluding hydrogens is 1180 g/mol. The van der Waals surface area contributed by atoms with E-state index in [9.17, 15) is 10.2 Å². The van der Waals surface area contributed by atoms with E-state index >= 15 is 0 Å². The number of fused-ring (bicyclic) bond motifs is 4. The monoisotopic (exact) mass is 1270 g/mol. The summed E-state index contributed by atoms with van der Waals surface area (Å²) in [5.74, 6) is 1.09. The minimum Gasteiger partial charge on any atom is -0.497 e. The van der Waals surface area contributed by atoms with Crippen LogP contribution < -0.4 is 20.1 Å². The lowest BCUT2D eigenvalue weighted by atomic mass is 9.77. The first-order valence-electron chi connectivity index (χ1n) is 32.2. The Morgan fingerprint density at radius 2 is 0.904 bits per heavy atom. The first-order valence-corrected chi connectivity index (χ1v) is 32.2. The number of benzene rings is 6. The Bertz CT molecular complexity index is 4210. The number of nitrogens with one attached hydrogen (secondary N) is 2. The third-order valence-electron chi connectivity index (χ3n) is 19.0. The molecule has 94 heavy (non-hydrogen) atoms. The van der Waals surface area contributed by atoms with Gasteiger partial charge in [0.25, 0.3) is 0 Å². The van der Waals surface area contributed by atoms with Gasteiger partial charge in [-0.15, -0.1) is 0 Å². The van der Waals surface area contributed by atoms with Crippen molar-refractivity contribution in [2.45, 2.75) is 145 Å². The summed E-state index contributed by atoms with van der Waals surface area (Å²) in [6.45, 7) is 19.7. The van der Waals surface area contributed by atoms with Gasteiger partial charge in [-0.1, -0.05) is 172 Å². The summed E-state index contributed by atoms with van der Waals surface area (Å²) < 4.78 is 54.0. The van der Waals surface area contributed by atoms with Crippen LogP contribution in [-0.2, 0) is 39.5 Å². The second kappa shape index (κ2) is 25.1. The maximum atomic E-state index is 11.3. The quantitative estimate of drug-likeness (QED) is 0.0557. The van der Waals surface area contributed by atoms with Crippen molar-refractivity contribution in [3.63, 3.8) is 0 Å². The van der Waals surface area contributed by atoms with Crippen molar-refractivity contribution in [1.82, 2.24) is 29.2 Å². The van der Waals surface area contributed by atoms with E-state index < -0.39 is 58.8 Å². The normalized spacial score (nSPS) is 23.9. The van der Waals surface area contributed by atoms with Gasteiger partial charge in [-0.2, -0.15) is 10.2 Å². The molecule has 14 rings (SSSR count). The summed E-state index contributed by atoms with van der Waals surface area (Å²) in [4.78, 5) is 9.68. The fraction of sp³-hybridized carbons (Fsp3) is 0.342. The van der Waals surface area contributed by atoms with Crippen LogP contribution in [0.5, 0.6) is 11.5 Å². The van der Waals surface area contributed by atoms with Crippen molar-refractivity contribution in [1.29, 1.82) is 0 Å². The molecule has 4 aliphatic heterocycles. The van der Waals surface area contributed by atoms with Gasteiger partial charge in [-0.25, -0.2) is 19.0 Å². The number of aromatic nitrogens is 6. The van der Waals surface area contributed by atoms with Gasteiger partial charge in [0.05, 0.1) is 44.4 Å². The molecule has 8 heterocycles. The van der Waals surface area contributed by atoms with Crippen LogP contribution in [-0.4, -0.2) is 107 Å². The third-order valence-corrected chi connectivity index (χ3v) is 19.0. The molecule has 9 atom stereocenters. The molecular formula is C76H82N8O10. The molecule has 0 radical (unpaired) electrons. The van der Waals surface area contributed by atoms with Crippen LogP contribution in [0.25, 0.3) is 17.1 Å². The van der Waals surface area contributed by atoms with Crippen molar-refractivity contribution < 1.29 is 48.1 Å². The first kappa shape index (κ1) is 63.9. The van der Waals surface area contributed by atoms with Crippen LogP contribution in [0, 0.1) is 0 Å². The molecule has 0 spiro atoms. The maximum Gasteiger partial charge on any atom is 0.164 e. The predicted octanol–water partition coefficient (Wildman–Crippen LogP) is 13.5. The molecule has 4 saturated heterocycles. The minimum absolute atomic E-state index is 0.118. The smallest absolute Gasteiger partial charge is 0.164 e. The van der Waals surface area contributed by atoms with E-state index in [1.807, 2.05) is 136 Å². The van der Waals surface area contributed by atoms with Gasteiger partial charge in [-0.05, 0) is 124 Å². The number of hydrogen-bond donors (Lipinski definition) is 4. The summed E-state index contributed by atoms with van der Waals surface area (Å²) in [6.07, 6.45) is 3.37. The van der Waals surface area contributed by atoms with Gasteiger partial charge in [-0.3, -0.25) is 0 Å². The average Bonchev–Trinajstić information content (AvgIpc) is 1.53. The largest absolute Gasteiger partial charge is 0.497 e. The Balaban J connectivity index is 0.000000171. The van der Waals surface area contributed by atoms with Crippen molar-refractivity contribution in [3.8, 4) is 11.5 Å². The summed E-state index contributed by atoms with van der Waals surface area (Å²) in [5, 5.41) is 38.8. The van der Waals surface area contributed by atoms with Crippen LogP contribution in [0.2, 0.25) is 0 Å². The third kappa shape index (κ3) is 10.9. The number of nitrogens with zero attached hydrogens (tertiary/aromatic N) is 6. The fourth-order valence-electron chi connectivity index (χ4n) is 15.0. The average molecular weight is 1270 g/mol. The van der Waals surface area contributed by atoms with E-state index in [-0.39, 0.29) is 24.4 Å². The SMILES string of the molecule is C=Cc1cc([C@@H]2O[C@H](CC)[C@H]3OC(C)(C)O[C@]32C)n2ncnc(NC(c3ccccc3)(c3ccccc3)c3ccc(OC)cc3)c12.CC[C@H]1O[C@@H](c2cc(C(O)CO)c3c(NC(c4ccccc4)(c4ccccc4)c4ccc(OC)cc4)ncnn23)[C@]2(C)OC(C)(C)O[C@H]12. The zero-order valence-corrected chi connectivity index (χ0v) is 54.8. The predicted molar refractivity (Wildman–Crippen MR) is 360 cm³/mol. The Hall–Kier alpha value is -8.82. The van der Waals surface area contributed by atoms with Gasteiger partial charge in [0.1, 0.15) is 88.0 Å². The van der Waals surface area contributed by atoms with E-state index in [0.29, 0.717) is 28.4 Å². The highest BCUT2D eigenvalue weighted by atomic mass is 16.8. The number of hydrogen-bond acceptors (Lipinski definition) is 16. The van der Waals surface area contributed by atoms with Crippen LogP contribution in [0.4, 0.5) is 11.6 Å². The molecule has 4 aromatic heterocycles. The minimum atomic E-state index is -1.21. The zero-order chi connectivity index (χ0) is 65.8. The molecule has 4 aliphatic rings. The van der Waals surface area contributed by atoms with E-state index in [2.05, 4.69) is 129 Å².